The summed E-state index contributed by atoms with van der Waals surface area (Å²) >= 11 is 0. The van der Waals surface area contributed by atoms with Crippen LogP contribution in [0.1, 0.15) is 12.8 Å². The van der Waals surface area contributed by atoms with Crippen LogP contribution in [0.2, 0.25) is 0 Å². The minimum absolute atomic E-state index is 0.0504. The van der Waals surface area contributed by atoms with E-state index in [2.05, 4.69) is 5.32 Å². The van der Waals surface area contributed by atoms with Crippen molar-refractivity contribution in [3.8, 4) is 0 Å². The summed E-state index contributed by atoms with van der Waals surface area (Å²) in [4.78, 5) is 0. The molecule has 0 bridgehead atoms. The molecule has 5 heteroatoms. The van der Waals surface area contributed by atoms with Crippen molar-refractivity contribution in [2.75, 3.05) is 25.1 Å². The number of hydrogen-bond acceptors (Lipinski definition) is 3. The van der Waals surface area contributed by atoms with Crippen LogP contribution < -0.4 is 5.32 Å². The highest BCUT2D eigenvalue weighted by Crippen LogP contribution is 2.24. The van der Waals surface area contributed by atoms with Crippen LogP contribution in [0.25, 0.3) is 0 Å². The molecule has 1 unspecified atom stereocenters. The molecular formula is C7H14FNO2S. The molecule has 72 valence electrons. The first-order valence-corrected chi connectivity index (χ1v) is 6.05. The van der Waals surface area contributed by atoms with E-state index >= 15 is 0 Å². The Balaban J connectivity index is 2.41. The zero-order valence-electron chi connectivity index (χ0n) is 7.14. The van der Waals surface area contributed by atoms with E-state index in [4.69, 9.17) is 0 Å². The van der Waals surface area contributed by atoms with E-state index in [0.29, 0.717) is 19.5 Å². The van der Waals surface area contributed by atoms with E-state index in [9.17, 15) is 12.8 Å². The smallest absolute Gasteiger partial charge is 0.147 e. The van der Waals surface area contributed by atoms with Gasteiger partial charge in [-0.05, 0) is 19.4 Å². The molecule has 0 radical (unpaired) electrons. The van der Waals surface area contributed by atoms with Gasteiger partial charge in [-0.25, -0.2) is 12.8 Å². The molecule has 1 rings (SSSR count). The molecule has 0 aromatic heterocycles. The molecule has 0 spiro atoms. The second-order valence-electron chi connectivity index (χ2n) is 3.46. The van der Waals surface area contributed by atoms with Crippen LogP contribution in [-0.4, -0.2) is 39.2 Å². The van der Waals surface area contributed by atoms with Crippen LogP contribution in [0.4, 0.5) is 4.39 Å². The van der Waals surface area contributed by atoms with Crippen LogP contribution in [0.3, 0.4) is 0 Å². The van der Waals surface area contributed by atoms with Gasteiger partial charge < -0.3 is 5.32 Å². The molecule has 0 saturated carbocycles. The van der Waals surface area contributed by atoms with Crippen molar-refractivity contribution in [3.63, 3.8) is 0 Å². The lowest BCUT2D eigenvalue weighted by Crippen LogP contribution is -2.28. The molecule has 1 aliphatic heterocycles. The second kappa shape index (κ2) is 3.30. The summed E-state index contributed by atoms with van der Waals surface area (Å²) in [5.74, 6) is -0.0504. The molecule has 3 nitrogen and oxygen atoms in total. The van der Waals surface area contributed by atoms with Crippen molar-refractivity contribution in [2.24, 2.45) is 0 Å². The van der Waals surface area contributed by atoms with Gasteiger partial charge in [0.25, 0.3) is 0 Å². The molecule has 1 aliphatic rings. The van der Waals surface area contributed by atoms with Crippen molar-refractivity contribution in [1.82, 2.24) is 5.32 Å². The van der Waals surface area contributed by atoms with Gasteiger partial charge in [0.1, 0.15) is 15.5 Å². The fourth-order valence-corrected chi connectivity index (χ4v) is 2.03. The predicted octanol–water partition coefficient (Wildman–Crippen LogP) is 0.123. The van der Waals surface area contributed by atoms with Crippen molar-refractivity contribution in [2.45, 2.75) is 18.5 Å². The normalized spacial score (nSPS) is 30.8. The first-order chi connectivity index (χ1) is 5.41. The zero-order chi connectivity index (χ0) is 9.24. The average Bonchev–Trinajstić information content (AvgIpc) is 2.32. The summed E-state index contributed by atoms with van der Waals surface area (Å²) < 4.78 is 35.0. The molecule has 0 aromatic carbocycles. The molecule has 1 saturated heterocycles. The summed E-state index contributed by atoms with van der Waals surface area (Å²) in [6.07, 6.45) is 1.69. The summed E-state index contributed by atoms with van der Waals surface area (Å²) in [7, 11) is -3.02. The third-order valence-electron chi connectivity index (χ3n) is 2.11. The largest absolute Gasteiger partial charge is 0.313 e. The maximum Gasteiger partial charge on any atom is 0.147 e. The first-order valence-electron chi connectivity index (χ1n) is 3.99. The first kappa shape index (κ1) is 9.92. The van der Waals surface area contributed by atoms with Gasteiger partial charge in [0.2, 0.25) is 0 Å². The van der Waals surface area contributed by atoms with Crippen molar-refractivity contribution < 1.29 is 12.8 Å². The SMILES string of the molecule is CS(=O)(=O)CCC1(F)CCNC1. The Bertz CT molecular complexity index is 244. The molecular weight excluding hydrogens is 181 g/mol. The highest BCUT2D eigenvalue weighted by molar-refractivity contribution is 7.90. The molecule has 0 amide bonds. The molecule has 0 aliphatic carbocycles. The Labute approximate surface area is 72.3 Å². The molecule has 1 atom stereocenters. The monoisotopic (exact) mass is 195 g/mol. The summed E-state index contributed by atoms with van der Waals surface area (Å²) in [5.41, 5.74) is -1.29. The second-order valence-corrected chi connectivity index (χ2v) is 5.72. The Kier molecular flexibility index (Phi) is 2.73. The van der Waals surface area contributed by atoms with Crippen LogP contribution in [0, 0.1) is 0 Å². The standard InChI is InChI=1S/C7H14FNO2S/c1-12(10,11)5-3-7(8)2-4-9-6-7/h9H,2-6H2,1H3. The van der Waals surface area contributed by atoms with Gasteiger partial charge in [0, 0.05) is 12.8 Å². The Morgan fingerprint density at radius 3 is 2.67 bits per heavy atom. The number of halogens is 1. The Morgan fingerprint density at radius 2 is 2.25 bits per heavy atom. The van der Waals surface area contributed by atoms with E-state index in [1.54, 1.807) is 0 Å². The number of alkyl halides is 1. The van der Waals surface area contributed by atoms with Gasteiger partial charge >= 0.3 is 0 Å². The molecule has 1 heterocycles. The third-order valence-corrected chi connectivity index (χ3v) is 3.06. The predicted molar refractivity (Wildman–Crippen MR) is 45.7 cm³/mol. The van der Waals surface area contributed by atoms with Crippen LogP contribution in [-0.2, 0) is 9.84 Å². The van der Waals surface area contributed by atoms with Gasteiger partial charge in [-0.1, -0.05) is 0 Å². The van der Waals surface area contributed by atoms with Gasteiger partial charge in [-0.15, -0.1) is 0 Å². The summed E-state index contributed by atoms with van der Waals surface area (Å²) in [6, 6.07) is 0. The van der Waals surface area contributed by atoms with E-state index in [-0.39, 0.29) is 12.2 Å². The van der Waals surface area contributed by atoms with Gasteiger partial charge in [0.15, 0.2) is 0 Å². The van der Waals surface area contributed by atoms with Crippen molar-refractivity contribution in [1.29, 1.82) is 0 Å². The van der Waals surface area contributed by atoms with Crippen LogP contribution >= 0.6 is 0 Å². The van der Waals surface area contributed by atoms with E-state index in [0.717, 1.165) is 6.26 Å². The van der Waals surface area contributed by atoms with E-state index in [1.807, 2.05) is 0 Å². The van der Waals surface area contributed by atoms with Gasteiger partial charge in [-0.2, -0.15) is 0 Å². The topological polar surface area (TPSA) is 46.2 Å². The minimum atomic E-state index is -3.02. The fourth-order valence-electron chi connectivity index (χ4n) is 1.29. The summed E-state index contributed by atoms with van der Waals surface area (Å²) in [5, 5.41) is 2.88. The number of hydrogen-bond donors (Lipinski definition) is 1. The van der Waals surface area contributed by atoms with Crippen LogP contribution in [0.15, 0.2) is 0 Å². The van der Waals surface area contributed by atoms with E-state index in [1.165, 1.54) is 0 Å². The lowest BCUT2D eigenvalue weighted by molar-refractivity contribution is 0.185. The maximum absolute atomic E-state index is 13.5. The lowest BCUT2D eigenvalue weighted by atomic mass is 10.0. The quantitative estimate of drug-likeness (QED) is 0.696. The Hall–Kier alpha value is -0.160. The van der Waals surface area contributed by atoms with Gasteiger partial charge in [0.05, 0.1) is 5.75 Å². The zero-order valence-corrected chi connectivity index (χ0v) is 7.95. The summed E-state index contributed by atoms with van der Waals surface area (Å²) in [6.45, 7) is 0.947. The van der Waals surface area contributed by atoms with Crippen LogP contribution in [0.5, 0.6) is 0 Å². The maximum atomic E-state index is 13.5. The number of sulfone groups is 1. The number of rotatable bonds is 3. The lowest BCUT2D eigenvalue weighted by Gasteiger charge is -2.16. The molecule has 1 fully saturated rings. The molecule has 1 N–H and O–H groups in total. The van der Waals surface area contributed by atoms with Crippen molar-refractivity contribution in [3.05, 3.63) is 0 Å². The molecule has 0 aromatic rings. The fraction of sp³-hybridized carbons (Fsp3) is 1.00. The highest BCUT2D eigenvalue weighted by atomic mass is 32.2. The minimum Gasteiger partial charge on any atom is -0.313 e. The average molecular weight is 195 g/mol. The van der Waals surface area contributed by atoms with Gasteiger partial charge in [-0.3, -0.25) is 0 Å². The van der Waals surface area contributed by atoms with E-state index < -0.39 is 15.5 Å². The number of nitrogens with one attached hydrogen (secondary N) is 1. The Morgan fingerprint density at radius 1 is 1.58 bits per heavy atom. The third kappa shape index (κ3) is 3.06. The van der Waals surface area contributed by atoms with Crippen molar-refractivity contribution >= 4 is 9.84 Å². The highest BCUT2D eigenvalue weighted by Gasteiger charge is 2.33. The molecule has 12 heavy (non-hydrogen) atoms.